The first kappa shape index (κ1) is 25.0. The number of aromatic amines is 1. The summed E-state index contributed by atoms with van der Waals surface area (Å²) in [5.41, 5.74) is 4.50. The van der Waals surface area contributed by atoms with E-state index in [0.717, 1.165) is 34.1 Å². The van der Waals surface area contributed by atoms with Crippen molar-refractivity contribution in [2.45, 2.75) is 51.2 Å². The lowest BCUT2D eigenvalue weighted by Gasteiger charge is -2.38. The minimum Gasteiger partial charge on any atom is -0.385 e. The van der Waals surface area contributed by atoms with Crippen LogP contribution in [0.4, 0.5) is 0 Å². The second-order valence-corrected chi connectivity index (χ2v) is 9.99. The zero-order valence-electron chi connectivity index (χ0n) is 21.5. The normalized spacial score (nSPS) is 19.6. The lowest BCUT2D eigenvalue weighted by molar-refractivity contribution is -0.133. The maximum atomic E-state index is 13.9. The molecule has 8 heteroatoms. The minimum atomic E-state index is -0.732. The summed E-state index contributed by atoms with van der Waals surface area (Å²) in [5.74, 6) is -0.746. The molecule has 0 saturated carbocycles. The summed E-state index contributed by atoms with van der Waals surface area (Å²) in [4.78, 5) is 45.8. The van der Waals surface area contributed by atoms with Crippen molar-refractivity contribution < 1.29 is 19.1 Å². The quantitative estimate of drug-likeness (QED) is 0.391. The summed E-state index contributed by atoms with van der Waals surface area (Å²) in [7, 11) is 1.62. The molecule has 37 heavy (non-hydrogen) atoms. The van der Waals surface area contributed by atoms with Crippen LogP contribution >= 0.6 is 0 Å². The number of methoxy groups -OCH3 is 1. The fraction of sp³-hybridized carbons (Fsp3) is 0.414. The van der Waals surface area contributed by atoms with Gasteiger partial charge in [0.25, 0.3) is 5.91 Å². The van der Waals surface area contributed by atoms with E-state index in [1.54, 1.807) is 12.0 Å². The van der Waals surface area contributed by atoms with Crippen molar-refractivity contribution >= 4 is 28.6 Å². The smallest absolute Gasteiger partial charge is 0.255 e. The topological polar surface area (TPSA) is 104 Å². The molecule has 0 fully saturated rings. The first-order valence-electron chi connectivity index (χ1n) is 13.0. The van der Waals surface area contributed by atoms with Crippen LogP contribution < -0.4 is 10.6 Å². The monoisotopic (exact) mass is 502 g/mol. The second kappa shape index (κ2) is 10.4. The fourth-order valence-corrected chi connectivity index (χ4v) is 5.63. The third-order valence-electron chi connectivity index (χ3n) is 7.77. The first-order chi connectivity index (χ1) is 18.0. The van der Waals surface area contributed by atoms with Gasteiger partial charge in [0.2, 0.25) is 11.8 Å². The number of nitrogens with one attached hydrogen (secondary N) is 3. The summed E-state index contributed by atoms with van der Waals surface area (Å²) >= 11 is 0. The van der Waals surface area contributed by atoms with Crippen molar-refractivity contribution in [3.63, 3.8) is 0 Å². The van der Waals surface area contributed by atoms with Crippen LogP contribution in [0.25, 0.3) is 10.9 Å². The number of carbonyl (C=O) groups excluding carboxylic acids is 3. The van der Waals surface area contributed by atoms with Gasteiger partial charge in [-0.2, -0.15) is 0 Å². The van der Waals surface area contributed by atoms with Crippen molar-refractivity contribution in [3.8, 4) is 0 Å². The van der Waals surface area contributed by atoms with Gasteiger partial charge in [-0.15, -0.1) is 0 Å². The van der Waals surface area contributed by atoms with Crippen molar-refractivity contribution in [1.29, 1.82) is 0 Å². The van der Waals surface area contributed by atoms with Crippen LogP contribution in [0.3, 0.4) is 0 Å². The lowest BCUT2D eigenvalue weighted by atomic mass is 9.89. The van der Waals surface area contributed by atoms with Crippen LogP contribution in [-0.2, 0) is 20.7 Å². The van der Waals surface area contributed by atoms with Crippen molar-refractivity contribution in [3.05, 3.63) is 70.9 Å². The maximum absolute atomic E-state index is 13.9. The molecular weight excluding hydrogens is 468 g/mol. The van der Waals surface area contributed by atoms with Gasteiger partial charge in [0.15, 0.2) is 0 Å². The van der Waals surface area contributed by atoms with E-state index < -0.39 is 12.1 Å². The van der Waals surface area contributed by atoms with E-state index in [1.165, 1.54) is 0 Å². The standard InChI is InChI=1S/C29H34N4O4/c1-4-17(2)24(28(35)30-14-9-15-37-3)32-27(34)23-16-21-18-10-7-8-13-22(18)31-25(21)26-19-11-5-6-12-20(19)29(36)33(23)26/h5-8,10-13,17,23-24,26,31H,4,9,14-16H2,1-3H3,(H,30,35)(H,32,34)/t17-,23-,24-,26+/m0/s1. The highest BCUT2D eigenvalue weighted by molar-refractivity contribution is 6.04. The van der Waals surface area contributed by atoms with Gasteiger partial charge < -0.3 is 25.3 Å². The van der Waals surface area contributed by atoms with Crippen LogP contribution in [0.2, 0.25) is 0 Å². The van der Waals surface area contributed by atoms with Crippen LogP contribution in [-0.4, -0.2) is 60.0 Å². The number of hydrogen-bond donors (Lipinski definition) is 3. The Morgan fingerprint density at radius 1 is 1.16 bits per heavy atom. The summed E-state index contributed by atoms with van der Waals surface area (Å²) in [6.07, 6.45) is 1.80. The Kier molecular flexibility index (Phi) is 7.02. The molecule has 4 atom stereocenters. The molecule has 1 aromatic heterocycles. The molecule has 0 bridgehead atoms. The van der Waals surface area contributed by atoms with Crippen molar-refractivity contribution in [2.75, 3.05) is 20.3 Å². The Hall–Kier alpha value is -3.65. The third-order valence-corrected chi connectivity index (χ3v) is 7.77. The highest BCUT2D eigenvalue weighted by Crippen LogP contribution is 2.46. The van der Waals surface area contributed by atoms with Gasteiger partial charge >= 0.3 is 0 Å². The van der Waals surface area contributed by atoms with Gasteiger partial charge in [0, 0.05) is 48.8 Å². The van der Waals surface area contributed by atoms with Gasteiger partial charge in [-0.3, -0.25) is 14.4 Å². The van der Waals surface area contributed by atoms with Crippen LogP contribution in [0.5, 0.6) is 0 Å². The largest absolute Gasteiger partial charge is 0.385 e. The lowest BCUT2D eigenvalue weighted by Crippen LogP contribution is -2.58. The van der Waals surface area contributed by atoms with Crippen molar-refractivity contribution in [1.82, 2.24) is 20.5 Å². The predicted octanol–water partition coefficient (Wildman–Crippen LogP) is 3.32. The number of para-hydroxylation sites is 1. The Labute approximate surface area is 216 Å². The molecule has 0 aliphatic carbocycles. The number of aromatic nitrogens is 1. The molecule has 5 rings (SSSR count). The number of nitrogens with zero attached hydrogens (tertiary/aromatic N) is 1. The maximum Gasteiger partial charge on any atom is 0.255 e. The van der Waals surface area contributed by atoms with E-state index >= 15 is 0 Å². The highest BCUT2D eigenvalue weighted by Gasteiger charge is 2.49. The van der Waals surface area contributed by atoms with E-state index in [-0.39, 0.29) is 29.7 Å². The molecule has 0 radical (unpaired) electrons. The average Bonchev–Trinajstić information content (AvgIpc) is 3.44. The number of carbonyl (C=O) groups is 3. The highest BCUT2D eigenvalue weighted by atomic mass is 16.5. The number of amides is 3. The van der Waals surface area contributed by atoms with Crippen LogP contribution in [0.15, 0.2) is 48.5 Å². The van der Waals surface area contributed by atoms with Gasteiger partial charge in [0.1, 0.15) is 12.1 Å². The van der Waals surface area contributed by atoms with E-state index in [4.69, 9.17) is 4.74 Å². The molecule has 0 saturated heterocycles. The summed E-state index contributed by atoms with van der Waals surface area (Å²) < 4.78 is 5.06. The number of fused-ring (bicyclic) bond motifs is 7. The Balaban J connectivity index is 1.48. The third kappa shape index (κ3) is 4.39. The summed E-state index contributed by atoms with van der Waals surface area (Å²) in [6, 6.07) is 13.8. The number of hydrogen-bond acceptors (Lipinski definition) is 4. The number of benzene rings is 2. The summed E-state index contributed by atoms with van der Waals surface area (Å²) in [6.45, 7) is 4.98. The molecule has 3 amide bonds. The summed E-state index contributed by atoms with van der Waals surface area (Å²) in [5, 5.41) is 7.01. The van der Waals surface area contributed by atoms with Crippen LogP contribution in [0.1, 0.15) is 59.9 Å². The SMILES string of the molecule is CC[C@H](C)[C@H](NC(=O)[C@@H]1Cc2c([nH]c3ccccc23)[C@H]2c3ccccc3C(=O)N21)C(=O)NCCCOC. The molecule has 2 aliphatic heterocycles. The molecule has 0 unspecified atom stereocenters. The first-order valence-corrected chi connectivity index (χ1v) is 13.0. The molecule has 8 nitrogen and oxygen atoms in total. The zero-order valence-corrected chi connectivity index (χ0v) is 21.5. The second-order valence-electron chi connectivity index (χ2n) is 9.99. The average molecular weight is 503 g/mol. The Bertz CT molecular complexity index is 1330. The molecule has 0 spiro atoms. The van der Waals surface area contributed by atoms with Crippen LogP contribution in [0, 0.1) is 5.92 Å². The Morgan fingerprint density at radius 2 is 1.92 bits per heavy atom. The molecule has 3 N–H and O–H groups in total. The molecule has 2 aliphatic rings. The van der Waals surface area contributed by atoms with Gasteiger partial charge in [-0.05, 0) is 35.6 Å². The number of rotatable bonds is 9. The number of ether oxygens (including phenoxy) is 1. The van der Waals surface area contributed by atoms with Gasteiger partial charge in [-0.25, -0.2) is 0 Å². The molecule has 194 valence electrons. The Morgan fingerprint density at radius 3 is 2.70 bits per heavy atom. The molecule has 3 aromatic rings. The van der Waals surface area contributed by atoms with Gasteiger partial charge in [-0.1, -0.05) is 56.7 Å². The van der Waals surface area contributed by atoms with E-state index in [2.05, 4.69) is 15.6 Å². The van der Waals surface area contributed by atoms with Gasteiger partial charge in [0.05, 0.1) is 6.04 Å². The van der Waals surface area contributed by atoms with E-state index in [9.17, 15) is 14.4 Å². The van der Waals surface area contributed by atoms with Crippen molar-refractivity contribution in [2.24, 2.45) is 5.92 Å². The number of H-pyrrole nitrogens is 1. The van der Waals surface area contributed by atoms with E-state index in [1.807, 2.05) is 62.4 Å². The molecule has 2 aromatic carbocycles. The zero-order chi connectivity index (χ0) is 26.1. The molecular formula is C29H34N4O4. The fourth-order valence-electron chi connectivity index (χ4n) is 5.63. The predicted molar refractivity (Wildman–Crippen MR) is 141 cm³/mol. The minimum absolute atomic E-state index is 0.0686. The van der Waals surface area contributed by atoms with E-state index in [0.29, 0.717) is 31.6 Å². The molecule has 3 heterocycles.